The molecule has 0 unspecified atom stereocenters. The van der Waals surface area contributed by atoms with Crippen molar-refractivity contribution in [1.29, 1.82) is 0 Å². The van der Waals surface area contributed by atoms with Gasteiger partial charge in [0.25, 0.3) is 11.5 Å². The molecule has 0 spiro atoms. The number of esters is 1. The molecule has 0 aliphatic rings. The van der Waals surface area contributed by atoms with Crippen molar-refractivity contribution in [3.8, 4) is 0 Å². The molecule has 0 saturated carbocycles. The monoisotopic (exact) mass is 388 g/mol. The number of benzene rings is 1. The summed E-state index contributed by atoms with van der Waals surface area (Å²) < 4.78 is 6.71. The van der Waals surface area contributed by atoms with Crippen LogP contribution in [0.15, 0.2) is 52.2 Å². The maximum atomic E-state index is 12.5. The van der Waals surface area contributed by atoms with E-state index in [9.17, 15) is 24.0 Å². The number of hydrogen-bond acceptors (Lipinski definition) is 6. The Morgan fingerprint density at radius 2 is 1.79 bits per heavy atom. The van der Waals surface area contributed by atoms with Gasteiger partial charge in [0.2, 0.25) is 0 Å². The molecule has 1 aromatic carbocycles. The van der Waals surface area contributed by atoms with Gasteiger partial charge in [-0.25, -0.2) is 14.2 Å². The van der Waals surface area contributed by atoms with Gasteiger partial charge in [-0.1, -0.05) is 30.3 Å². The number of hydrogen-bond donors (Lipinski definition) is 2. The third-order valence-electron chi connectivity index (χ3n) is 3.58. The van der Waals surface area contributed by atoms with E-state index < -0.39 is 42.3 Å². The molecule has 0 fully saturated rings. The lowest BCUT2D eigenvalue weighted by atomic mass is 10.2. The minimum absolute atomic E-state index is 0.226. The summed E-state index contributed by atoms with van der Waals surface area (Å²) in [6.07, 6.45) is 1.35. The van der Waals surface area contributed by atoms with E-state index in [4.69, 9.17) is 4.74 Å². The molecular weight excluding hydrogens is 368 g/mol. The predicted octanol–water partition coefficient (Wildman–Crippen LogP) is -0.553. The van der Waals surface area contributed by atoms with Gasteiger partial charge in [0, 0.05) is 18.8 Å². The third-order valence-corrected chi connectivity index (χ3v) is 3.58. The highest BCUT2D eigenvalue weighted by molar-refractivity contribution is 5.95. The molecule has 3 amide bonds. The number of nitrogens with zero attached hydrogens (tertiary/aromatic N) is 2. The van der Waals surface area contributed by atoms with Crippen molar-refractivity contribution in [3.05, 3.63) is 69.0 Å². The number of aromatic nitrogens is 2. The average Bonchev–Trinajstić information content (AvgIpc) is 2.67. The number of ether oxygens (including phenoxy) is 1. The van der Waals surface area contributed by atoms with Crippen molar-refractivity contribution in [2.75, 3.05) is 13.2 Å². The molecule has 0 saturated heterocycles. The van der Waals surface area contributed by atoms with Crippen molar-refractivity contribution in [2.45, 2.75) is 20.0 Å². The first-order valence-electron chi connectivity index (χ1n) is 8.48. The van der Waals surface area contributed by atoms with Gasteiger partial charge in [-0.05, 0) is 12.5 Å². The molecule has 0 radical (unpaired) electrons. The van der Waals surface area contributed by atoms with E-state index in [0.717, 1.165) is 5.56 Å². The summed E-state index contributed by atoms with van der Waals surface area (Å²) in [6, 6.07) is 9.57. The Bertz CT molecular complexity index is 964. The zero-order valence-electron chi connectivity index (χ0n) is 15.2. The number of urea groups is 1. The van der Waals surface area contributed by atoms with E-state index in [-0.39, 0.29) is 6.54 Å². The van der Waals surface area contributed by atoms with Crippen LogP contribution in [0.3, 0.4) is 0 Å². The average molecular weight is 388 g/mol. The van der Waals surface area contributed by atoms with Crippen LogP contribution < -0.4 is 21.9 Å². The van der Waals surface area contributed by atoms with E-state index in [0.29, 0.717) is 11.1 Å². The summed E-state index contributed by atoms with van der Waals surface area (Å²) in [6.45, 7) is 0.860. The van der Waals surface area contributed by atoms with E-state index >= 15 is 0 Å². The Kier molecular flexibility index (Phi) is 7.26. The number of carbonyl (C=O) groups excluding carboxylic acids is 3. The molecule has 10 nitrogen and oxygen atoms in total. The molecule has 0 aliphatic carbocycles. The second-order valence-electron chi connectivity index (χ2n) is 5.70. The summed E-state index contributed by atoms with van der Waals surface area (Å²) in [5, 5.41) is 4.30. The second-order valence-corrected chi connectivity index (χ2v) is 5.70. The standard InChI is InChI=1S/C18H20N4O6/c1-2-19-17(26)20-14(23)12-28-16(25)11-22-15(24)8-9-21(18(22)27)10-13-6-4-3-5-7-13/h3-9H,2,10-12H2,1H3,(H2,19,20,23,26). The number of imide groups is 1. The largest absolute Gasteiger partial charge is 0.454 e. The highest BCUT2D eigenvalue weighted by Crippen LogP contribution is 1.99. The first-order chi connectivity index (χ1) is 13.4. The molecule has 2 N–H and O–H groups in total. The molecule has 1 aromatic heterocycles. The molecule has 2 aromatic rings. The maximum Gasteiger partial charge on any atom is 0.331 e. The van der Waals surface area contributed by atoms with Crippen LogP contribution in [0.5, 0.6) is 0 Å². The van der Waals surface area contributed by atoms with Crippen LogP contribution in [-0.4, -0.2) is 40.2 Å². The summed E-state index contributed by atoms with van der Waals surface area (Å²) >= 11 is 0. The van der Waals surface area contributed by atoms with Gasteiger partial charge in [0.05, 0.1) is 6.54 Å². The quantitative estimate of drug-likeness (QED) is 0.612. The summed E-state index contributed by atoms with van der Waals surface area (Å²) in [4.78, 5) is 59.0. The number of nitrogens with one attached hydrogen (secondary N) is 2. The molecule has 0 bridgehead atoms. The zero-order valence-corrected chi connectivity index (χ0v) is 15.2. The summed E-state index contributed by atoms with van der Waals surface area (Å²) in [5.41, 5.74) is -0.502. The molecular formula is C18H20N4O6. The Hall–Kier alpha value is -3.69. The number of amides is 3. The Morgan fingerprint density at radius 3 is 2.46 bits per heavy atom. The fourth-order valence-electron chi connectivity index (χ4n) is 2.29. The topological polar surface area (TPSA) is 128 Å². The molecule has 148 valence electrons. The zero-order chi connectivity index (χ0) is 20.5. The normalized spacial score (nSPS) is 10.2. The molecule has 0 aliphatic heterocycles. The summed E-state index contributed by atoms with van der Waals surface area (Å²) in [5.74, 6) is -1.79. The molecule has 1 heterocycles. The Morgan fingerprint density at radius 1 is 1.07 bits per heavy atom. The summed E-state index contributed by atoms with van der Waals surface area (Å²) in [7, 11) is 0. The van der Waals surface area contributed by atoms with Crippen molar-refractivity contribution in [2.24, 2.45) is 0 Å². The van der Waals surface area contributed by atoms with Crippen molar-refractivity contribution in [1.82, 2.24) is 19.8 Å². The van der Waals surface area contributed by atoms with Crippen molar-refractivity contribution in [3.63, 3.8) is 0 Å². The van der Waals surface area contributed by atoms with E-state index in [1.54, 1.807) is 6.92 Å². The molecule has 2 rings (SSSR count). The fourth-order valence-corrected chi connectivity index (χ4v) is 2.29. The first-order valence-corrected chi connectivity index (χ1v) is 8.48. The van der Waals surface area contributed by atoms with Gasteiger partial charge in [-0.15, -0.1) is 0 Å². The van der Waals surface area contributed by atoms with Crippen LogP contribution in [0.4, 0.5) is 4.79 Å². The van der Waals surface area contributed by atoms with Gasteiger partial charge in [-0.3, -0.25) is 24.3 Å². The molecule has 28 heavy (non-hydrogen) atoms. The van der Waals surface area contributed by atoms with Gasteiger partial charge >= 0.3 is 17.7 Å². The molecule has 0 atom stereocenters. The van der Waals surface area contributed by atoms with Crippen LogP contribution in [0.25, 0.3) is 0 Å². The van der Waals surface area contributed by atoms with Crippen LogP contribution in [0.2, 0.25) is 0 Å². The minimum Gasteiger partial charge on any atom is -0.454 e. The highest BCUT2D eigenvalue weighted by atomic mass is 16.5. The van der Waals surface area contributed by atoms with Gasteiger partial charge in [-0.2, -0.15) is 0 Å². The maximum absolute atomic E-state index is 12.5. The van der Waals surface area contributed by atoms with Crippen molar-refractivity contribution < 1.29 is 19.1 Å². The van der Waals surface area contributed by atoms with Crippen LogP contribution >= 0.6 is 0 Å². The predicted molar refractivity (Wildman–Crippen MR) is 98.7 cm³/mol. The van der Waals surface area contributed by atoms with Gasteiger partial charge < -0.3 is 10.1 Å². The van der Waals surface area contributed by atoms with Crippen LogP contribution in [-0.2, 0) is 27.4 Å². The Balaban J connectivity index is 2.01. The lowest BCUT2D eigenvalue weighted by molar-refractivity contribution is -0.149. The highest BCUT2D eigenvalue weighted by Gasteiger charge is 2.14. The van der Waals surface area contributed by atoms with Crippen LogP contribution in [0, 0.1) is 0 Å². The van der Waals surface area contributed by atoms with Crippen molar-refractivity contribution >= 4 is 17.9 Å². The lowest BCUT2D eigenvalue weighted by Gasteiger charge is -2.10. The van der Waals surface area contributed by atoms with E-state index in [2.05, 4.69) is 5.32 Å². The van der Waals surface area contributed by atoms with E-state index in [1.165, 1.54) is 16.8 Å². The SMILES string of the molecule is CCNC(=O)NC(=O)COC(=O)Cn1c(=O)ccn(Cc2ccccc2)c1=O. The molecule has 10 heteroatoms. The fraction of sp³-hybridized carbons (Fsp3) is 0.278. The van der Waals surface area contributed by atoms with Gasteiger partial charge in [0.15, 0.2) is 6.61 Å². The number of carbonyl (C=O) groups is 3. The van der Waals surface area contributed by atoms with E-state index in [1.807, 2.05) is 35.6 Å². The third kappa shape index (κ3) is 5.94. The van der Waals surface area contributed by atoms with Gasteiger partial charge in [0.1, 0.15) is 6.54 Å². The minimum atomic E-state index is -0.956. The lowest BCUT2D eigenvalue weighted by Crippen LogP contribution is -2.43. The second kappa shape index (κ2) is 9.86. The van der Waals surface area contributed by atoms with Crippen LogP contribution in [0.1, 0.15) is 12.5 Å². The smallest absolute Gasteiger partial charge is 0.331 e. The number of rotatable bonds is 7. The first kappa shape index (κ1) is 20.6. The Labute approximate surface area is 159 Å².